The molecule has 0 aliphatic carbocycles. The molecule has 1 aliphatic heterocycles. The Balaban J connectivity index is 1.58. The summed E-state index contributed by atoms with van der Waals surface area (Å²) in [5, 5.41) is 2.61. The number of amides is 4. The lowest BCUT2D eigenvalue weighted by atomic mass is 10.1. The number of benzene rings is 3. The predicted octanol–water partition coefficient (Wildman–Crippen LogP) is 4.73. The van der Waals surface area contributed by atoms with Crippen LogP contribution in [0, 0.1) is 5.82 Å². The lowest BCUT2D eigenvalue weighted by Gasteiger charge is -2.26. The number of carbonyl (C=O) groups excluding carboxylic acids is 3. The minimum atomic E-state index is -0.850. The molecule has 4 amide bonds. The molecule has 1 aliphatic rings. The van der Waals surface area contributed by atoms with Gasteiger partial charge in [-0.3, -0.25) is 14.9 Å². The average Bonchev–Trinajstić information content (AvgIpc) is 2.83. The highest BCUT2D eigenvalue weighted by atomic mass is 35.5. The number of methoxy groups -OCH3 is 1. The Morgan fingerprint density at radius 1 is 0.971 bits per heavy atom. The topological polar surface area (TPSA) is 84.9 Å². The fourth-order valence-electron chi connectivity index (χ4n) is 3.28. The number of rotatable bonds is 6. The maximum absolute atomic E-state index is 13.1. The largest absolute Gasteiger partial charge is 0.493 e. The van der Waals surface area contributed by atoms with Crippen molar-refractivity contribution in [2.75, 3.05) is 12.0 Å². The van der Waals surface area contributed by atoms with E-state index in [0.717, 1.165) is 10.5 Å². The van der Waals surface area contributed by atoms with Crippen LogP contribution in [0.4, 0.5) is 14.9 Å². The van der Waals surface area contributed by atoms with Gasteiger partial charge in [0.05, 0.1) is 12.8 Å². The van der Waals surface area contributed by atoms with Gasteiger partial charge in [0, 0.05) is 5.02 Å². The van der Waals surface area contributed by atoms with Crippen LogP contribution in [0.1, 0.15) is 11.1 Å². The number of imide groups is 2. The van der Waals surface area contributed by atoms with E-state index in [2.05, 4.69) is 5.32 Å². The molecule has 34 heavy (non-hydrogen) atoms. The molecule has 3 aromatic rings. The number of barbiturate groups is 1. The highest BCUT2D eigenvalue weighted by Crippen LogP contribution is 2.30. The molecule has 0 unspecified atom stereocenters. The normalized spacial score (nSPS) is 14.9. The summed E-state index contributed by atoms with van der Waals surface area (Å²) in [6.45, 7) is 0.191. The molecule has 3 aromatic carbocycles. The summed E-state index contributed by atoms with van der Waals surface area (Å²) in [6, 6.07) is 16.0. The zero-order chi connectivity index (χ0) is 24.2. The molecule has 0 saturated carbocycles. The fourth-order valence-corrected chi connectivity index (χ4v) is 3.41. The van der Waals surface area contributed by atoms with E-state index in [1.807, 2.05) is 0 Å². The molecule has 0 spiro atoms. The SMILES string of the molecule is COc1cc(/C=C2/C(=O)NC(=O)N(c3ccc(Cl)cc3)C2=O)ccc1OCc1ccc(F)cc1. The van der Waals surface area contributed by atoms with Gasteiger partial charge in [0.1, 0.15) is 18.0 Å². The van der Waals surface area contributed by atoms with E-state index >= 15 is 0 Å². The van der Waals surface area contributed by atoms with Gasteiger partial charge >= 0.3 is 6.03 Å². The first kappa shape index (κ1) is 23.0. The Labute approximate surface area is 199 Å². The minimum absolute atomic E-state index is 0.191. The van der Waals surface area contributed by atoms with Crippen molar-refractivity contribution in [2.24, 2.45) is 0 Å². The van der Waals surface area contributed by atoms with Crippen molar-refractivity contribution in [2.45, 2.75) is 6.61 Å². The summed E-state index contributed by atoms with van der Waals surface area (Å²) in [7, 11) is 1.45. The number of urea groups is 1. The van der Waals surface area contributed by atoms with E-state index in [4.69, 9.17) is 21.1 Å². The van der Waals surface area contributed by atoms with Gasteiger partial charge in [0.15, 0.2) is 11.5 Å². The van der Waals surface area contributed by atoms with Gasteiger partial charge in [-0.25, -0.2) is 14.1 Å². The molecule has 1 N–H and O–H groups in total. The van der Waals surface area contributed by atoms with E-state index in [1.165, 1.54) is 49.6 Å². The molecule has 172 valence electrons. The number of nitrogens with zero attached hydrogens (tertiary/aromatic N) is 1. The Kier molecular flexibility index (Phi) is 6.60. The van der Waals surface area contributed by atoms with Crippen molar-refractivity contribution < 1.29 is 28.2 Å². The van der Waals surface area contributed by atoms with Crippen LogP contribution in [0.15, 0.2) is 72.3 Å². The molecule has 9 heteroatoms. The summed E-state index contributed by atoms with van der Waals surface area (Å²) < 4.78 is 24.2. The Morgan fingerprint density at radius 3 is 2.35 bits per heavy atom. The summed E-state index contributed by atoms with van der Waals surface area (Å²) in [4.78, 5) is 38.6. The van der Waals surface area contributed by atoms with Gasteiger partial charge in [-0.2, -0.15) is 0 Å². The quantitative estimate of drug-likeness (QED) is 0.407. The maximum Gasteiger partial charge on any atom is 0.335 e. The zero-order valence-corrected chi connectivity index (χ0v) is 18.6. The van der Waals surface area contributed by atoms with Crippen LogP contribution in [0.5, 0.6) is 11.5 Å². The Morgan fingerprint density at radius 2 is 1.68 bits per heavy atom. The molecular weight excluding hydrogens is 463 g/mol. The number of carbonyl (C=O) groups is 3. The van der Waals surface area contributed by atoms with Crippen LogP contribution < -0.4 is 19.7 Å². The maximum atomic E-state index is 13.1. The second-order valence-corrected chi connectivity index (χ2v) is 7.70. The lowest BCUT2D eigenvalue weighted by molar-refractivity contribution is -0.122. The first-order valence-electron chi connectivity index (χ1n) is 10.1. The molecular formula is C25H18ClFN2O5. The lowest BCUT2D eigenvalue weighted by Crippen LogP contribution is -2.54. The van der Waals surface area contributed by atoms with Crippen molar-refractivity contribution in [1.82, 2.24) is 5.32 Å². The average molecular weight is 481 g/mol. The van der Waals surface area contributed by atoms with Crippen LogP contribution in [-0.2, 0) is 16.2 Å². The van der Waals surface area contributed by atoms with Crippen molar-refractivity contribution >= 4 is 41.2 Å². The van der Waals surface area contributed by atoms with Crippen molar-refractivity contribution in [3.05, 3.63) is 94.3 Å². The number of nitrogens with one attached hydrogen (secondary N) is 1. The summed E-state index contributed by atoms with van der Waals surface area (Å²) in [5.41, 5.74) is 1.30. The van der Waals surface area contributed by atoms with Gasteiger partial charge in [0.2, 0.25) is 0 Å². The molecule has 0 radical (unpaired) electrons. The summed E-state index contributed by atoms with van der Waals surface area (Å²) in [5.74, 6) is -1.13. The smallest absolute Gasteiger partial charge is 0.335 e. The van der Waals surface area contributed by atoms with Crippen LogP contribution in [0.2, 0.25) is 5.02 Å². The number of ether oxygens (including phenoxy) is 2. The highest BCUT2D eigenvalue weighted by molar-refractivity contribution is 6.39. The summed E-state index contributed by atoms with van der Waals surface area (Å²) in [6.07, 6.45) is 1.36. The third-order valence-corrected chi connectivity index (χ3v) is 5.24. The first-order chi connectivity index (χ1) is 16.4. The second-order valence-electron chi connectivity index (χ2n) is 7.26. The Bertz CT molecular complexity index is 1290. The van der Waals surface area contributed by atoms with E-state index in [1.54, 1.807) is 30.3 Å². The Hall–Kier alpha value is -4.17. The van der Waals surface area contributed by atoms with Gasteiger partial charge < -0.3 is 9.47 Å². The summed E-state index contributed by atoms with van der Waals surface area (Å²) >= 11 is 5.88. The van der Waals surface area contributed by atoms with Crippen molar-refractivity contribution in [3.8, 4) is 11.5 Å². The van der Waals surface area contributed by atoms with Crippen LogP contribution in [-0.4, -0.2) is 25.0 Å². The molecule has 1 saturated heterocycles. The molecule has 0 atom stereocenters. The van der Waals surface area contributed by atoms with Crippen LogP contribution in [0.3, 0.4) is 0 Å². The highest BCUT2D eigenvalue weighted by Gasteiger charge is 2.36. The van der Waals surface area contributed by atoms with Gasteiger partial charge in [-0.05, 0) is 65.7 Å². The van der Waals surface area contributed by atoms with Gasteiger partial charge in [-0.15, -0.1) is 0 Å². The molecule has 7 nitrogen and oxygen atoms in total. The van der Waals surface area contributed by atoms with Crippen molar-refractivity contribution in [3.63, 3.8) is 0 Å². The fraction of sp³-hybridized carbons (Fsp3) is 0.0800. The van der Waals surface area contributed by atoms with Crippen molar-refractivity contribution in [1.29, 1.82) is 0 Å². The van der Waals surface area contributed by atoms with E-state index < -0.39 is 17.8 Å². The van der Waals surface area contributed by atoms with E-state index in [9.17, 15) is 18.8 Å². The number of halogens is 2. The first-order valence-corrected chi connectivity index (χ1v) is 10.5. The third kappa shape index (κ3) is 4.92. The minimum Gasteiger partial charge on any atom is -0.493 e. The number of anilines is 1. The van der Waals surface area contributed by atoms with E-state index in [-0.39, 0.29) is 23.7 Å². The standard InChI is InChI=1S/C25H18ClFN2O5/c1-33-22-13-16(4-11-21(22)34-14-15-2-7-18(27)8-3-15)12-20-23(30)28-25(32)29(24(20)31)19-9-5-17(26)6-10-19/h2-13H,14H2,1H3,(H,28,30,32)/b20-12-. The third-order valence-electron chi connectivity index (χ3n) is 4.99. The van der Waals surface area contributed by atoms with Gasteiger partial charge in [-0.1, -0.05) is 29.8 Å². The molecule has 0 bridgehead atoms. The molecule has 0 aromatic heterocycles. The monoisotopic (exact) mass is 480 g/mol. The van der Waals surface area contributed by atoms with Crippen LogP contribution >= 0.6 is 11.6 Å². The van der Waals surface area contributed by atoms with E-state index in [0.29, 0.717) is 22.1 Å². The van der Waals surface area contributed by atoms with Gasteiger partial charge in [0.25, 0.3) is 11.8 Å². The molecule has 4 rings (SSSR count). The molecule has 1 heterocycles. The van der Waals surface area contributed by atoms with Crippen LogP contribution in [0.25, 0.3) is 6.08 Å². The predicted molar refractivity (Wildman–Crippen MR) is 124 cm³/mol. The molecule has 1 fully saturated rings. The zero-order valence-electron chi connectivity index (χ0n) is 17.9. The number of hydrogen-bond donors (Lipinski definition) is 1. The number of hydrogen-bond acceptors (Lipinski definition) is 5. The second kappa shape index (κ2) is 9.76.